The van der Waals surface area contributed by atoms with Crippen LogP contribution in [-0.4, -0.2) is 21.4 Å². The molecule has 0 atom stereocenters. The van der Waals surface area contributed by atoms with Crippen molar-refractivity contribution in [2.75, 3.05) is 6.26 Å². The number of ether oxygens (including phenoxy) is 1. The second-order valence-electron chi connectivity index (χ2n) is 4.66. The Hall–Kier alpha value is -1.22. The van der Waals surface area contributed by atoms with Crippen molar-refractivity contribution >= 4 is 46.5 Å². The number of benzene rings is 1. The number of aromatic nitrogens is 3. The van der Waals surface area contributed by atoms with Crippen LogP contribution < -0.4 is 4.74 Å². The molecule has 0 fully saturated rings. The van der Waals surface area contributed by atoms with Crippen molar-refractivity contribution in [3.8, 4) is 5.75 Å². The number of rotatable bonds is 8. The fourth-order valence-electron chi connectivity index (χ4n) is 1.77. The van der Waals surface area contributed by atoms with Gasteiger partial charge in [-0.2, -0.15) is 11.8 Å². The summed E-state index contributed by atoms with van der Waals surface area (Å²) >= 11 is 10.6. The van der Waals surface area contributed by atoms with E-state index < -0.39 is 0 Å². The molecule has 0 unspecified atom stereocenters. The summed E-state index contributed by atoms with van der Waals surface area (Å²) in [5.41, 5.74) is 0.976. The van der Waals surface area contributed by atoms with Gasteiger partial charge in [-0.25, -0.2) is 4.98 Å². The van der Waals surface area contributed by atoms with Gasteiger partial charge in [-0.3, -0.25) is 0 Å². The van der Waals surface area contributed by atoms with Crippen LogP contribution >= 0.6 is 46.5 Å². The van der Waals surface area contributed by atoms with Crippen LogP contribution in [0.2, 0.25) is 5.02 Å². The van der Waals surface area contributed by atoms with Crippen molar-refractivity contribution in [3.05, 3.63) is 51.3 Å². The van der Waals surface area contributed by atoms with Crippen LogP contribution in [0.4, 0.5) is 0 Å². The summed E-state index contributed by atoms with van der Waals surface area (Å²) < 4.78 is 11.2. The maximum absolute atomic E-state index is 5.85. The van der Waals surface area contributed by atoms with Crippen LogP contribution in [-0.2, 0) is 18.1 Å². The summed E-state index contributed by atoms with van der Waals surface area (Å²) in [6.07, 6.45) is 2.00. The highest BCUT2D eigenvalue weighted by Crippen LogP contribution is 2.24. The Labute approximate surface area is 157 Å². The first-order valence-corrected chi connectivity index (χ1v) is 10.6. The molecule has 5 nitrogen and oxygen atoms in total. The molecule has 2 heterocycles. The van der Waals surface area contributed by atoms with Gasteiger partial charge in [0.15, 0.2) is 0 Å². The van der Waals surface area contributed by atoms with Crippen LogP contribution in [0.3, 0.4) is 0 Å². The van der Waals surface area contributed by atoms with E-state index in [-0.39, 0.29) is 0 Å². The summed E-state index contributed by atoms with van der Waals surface area (Å²) in [5, 5.41) is 12.2. The number of hydrogen-bond donors (Lipinski definition) is 0. The van der Waals surface area contributed by atoms with Gasteiger partial charge in [0.25, 0.3) is 5.22 Å². The molecule has 0 N–H and O–H groups in total. The molecule has 0 amide bonds. The van der Waals surface area contributed by atoms with Gasteiger partial charge >= 0.3 is 0 Å². The molecule has 0 spiro atoms. The normalized spacial score (nSPS) is 10.9. The van der Waals surface area contributed by atoms with Gasteiger partial charge in [0.05, 0.1) is 11.4 Å². The van der Waals surface area contributed by atoms with Gasteiger partial charge in [-0.15, -0.1) is 21.5 Å². The molecular weight excluding hydrogens is 386 g/mol. The van der Waals surface area contributed by atoms with E-state index in [0.717, 1.165) is 22.2 Å². The third kappa shape index (κ3) is 5.14. The number of thiazole rings is 1. The van der Waals surface area contributed by atoms with Crippen molar-refractivity contribution in [1.29, 1.82) is 0 Å². The van der Waals surface area contributed by atoms with Crippen LogP contribution in [0.25, 0.3) is 0 Å². The Morgan fingerprint density at radius 3 is 2.83 bits per heavy atom. The predicted molar refractivity (Wildman–Crippen MR) is 99.0 cm³/mol. The van der Waals surface area contributed by atoms with Crippen LogP contribution in [0, 0.1) is 0 Å². The molecule has 126 valence electrons. The highest BCUT2D eigenvalue weighted by Gasteiger charge is 2.09. The zero-order chi connectivity index (χ0) is 16.8. The van der Waals surface area contributed by atoms with Crippen molar-refractivity contribution in [2.24, 2.45) is 0 Å². The van der Waals surface area contributed by atoms with Gasteiger partial charge < -0.3 is 9.15 Å². The van der Waals surface area contributed by atoms with Crippen LogP contribution in [0.5, 0.6) is 5.75 Å². The number of nitrogens with zero attached hydrogens (tertiary/aromatic N) is 3. The van der Waals surface area contributed by atoms with Crippen LogP contribution in [0.15, 0.2) is 39.3 Å². The van der Waals surface area contributed by atoms with E-state index in [1.807, 2.05) is 23.8 Å². The summed E-state index contributed by atoms with van der Waals surface area (Å²) in [4.78, 5) is 4.55. The maximum Gasteiger partial charge on any atom is 0.276 e. The fourth-order valence-corrected chi connectivity index (χ4v) is 3.74. The largest absolute Gasteiger partial charge is 0.486 e. The number of hydrogen-bond acceptors (Lipinski definition) is 8. The second-order valence-corrected chi connectivity index (χ2v) is 7.83. The first kappa shape index (κ1) is 17.6. The lowest BCUT2D eigenvalue weighted by molar-refractivity contribution is 0.305. The average Bonchev–Trinajstić information content (AvgIpc) is 3.22. The van der Waals surface area contributed by atoms with Crippen LogP contribution in [0.1, 0.15) is 16.6 Å². The minimum absolute atomic E-state index is 0.440. The Kier molecular flexibility index (Phi) is 6.42. The first-order chi connectivity index (χ1) is 11.7. The monoisotopic (exact) mass is 399 g/mol. The SMILES string of the molecule is CSCc1nnc(SCc2csc(COc3ccc(Cl)cc3)n2)o1. The Morgan fingerprint density at radius 2 is 2.04 bits per heavy atom. The molecule has 3 aromatic rings. The second kappa shape index (κ2) is 8.75. The molecule has 0 saturated carbocycles. The lowest BCUT2D eigenvalue weighted by atomic mass is 10.3. The van der Waals surface area contributed by atoms with Gasteiger partial charge in [-0.1, -0.05) is 23.4 Å². The van der Waals surface area contributed by atoms with E-state index in [9.17, 15) is 0 Å². The van der Waals surface area contributed by atoms with E-state index in [2.05, 4.69) is 15.2 Å². The molecule has 1 aromatic carbocycles. The summed E-state index contributed by atoms with van der Waals surface area (Å²) in [5.74, 6) is 2.85. The van der Waals surface area contributed by atoms with Gasteiger partial charge in [0.2, 0.25) is 5.89 Å². The molecule has 0 bridgehead atoms. The Bertz CT molecular complexity index is 776. The highest BCUT2D eigenvalue weighted by molar-refractivity contribution is 7.98. The molecule has 2 aromatic heterocycles. The Balaban J connectivity index is 1.48. The minimum atomic E-state index is 0.440. The third-order valence-corrected chi connectivity index (χ3v) is 5.35. The smallest absolute Gasteiger partial charge is 0.276 e. The van der Waals surface area contributed by atoms with E-state index in [4.69, 9.17) is 20.8 Å². The predicted octanol–water partition coefficient (Wildman–Crippen LogP) is 4.91. The number of thioether (sulfide) groups is 2. The molecular formula is C15H14ClN3O2S3. The van der Waals surface area contributed by atoms with Crippen molar-refractivity contribution < 1.29 is 9.15 Å². The summed E-state index contributed by atoms with van der Waals surface area (Å²) in [6, 6.07) is 7.29. The lowest BCUT2D eigenvalue weighted by Gasteiger charge is -2.03. The number of halogens is 1. The fraction of sp³-hybridized carbons (Fsp3) is 0.267. The van der Waals surface area contributed by atoms with E-state index >= 15 is 0 Å². The summed E-state index contributed by atoms with van der Waals surface area (Å²) in [6.45, 7) is 0.440. The van der Waals surface area contributed by atoms with Crippen molar-refractivity contribution in [2.45, 2.75) is 23.3 Å². The van der Waals surface area contributed by atoms with Gasteiger partial charge in [0.1, 0.15) is 17.4 Å². The molecule has 24 heavy (non-hydrogen) atoms. The van der Waals surface area contributed by atoms with E-state index in [1.54, 1.807) is 35.2 Å². The maximum atomic E-state index is 5.85. The van der Waals surface area contributed by atoms with E-state index in [1.165, 1.54) is 11.8 Å². The topological polar surface area (TPSA) is 61.0 Å². The third-order valence-electron chi connectivity index (χ3n) is 2.83. The molecule has 9 heteroatoms. The van der Waals surface area contributed by atoms with E-state index in [0.29, 0.717) is 28.5 Å². The molecule has 0 aliphatic carbocycles. The molecule has 0 aliphatic heterocycles. The zero-order valence-corrected chi connectivity index (χ0v) is 16.0. The quantitative estimate of drug-likeness (QED) is 0.498. The van der Waals surface area contributed by atoms with Crippen molar-refractivity contribution in [1.82, 2.24) is 15.2 Å². The highest BCUT2D eigenvalue weighted by atomic mass is 35.5. The molecule has 3 rings (SSSR count). The van der Waals surface area contributed by atoms with Crippen molar-refractivity contribution in [3.63, 3.8) is 0 Å². The molecule has 0 saturated heterocycles. The lowest BCUT2D eigenvalue weighted by Crippen LogP contribution is -1.95. The standard InChI is InChI=1S/C15H14ClN3O2S3/c1-22-9-13-18-19-15(21-13)24-8-11-7-23-14(17-11)6-20-12-4-2-10(16)3-5-12/h2-5,7H,6,8-9H2,1H3. The minimum Gasteiger partial charge on any atom is -0.486 e. The van der Waals surface area contributed by atoms with Gasteiger partial charge in [0, 0.05) is 16.2 Å². The average molecular weight is 400 g/mol. The van der Waals surface area contributed by atoms with Gasteiger partial charge in [-0.05, 0) is 30.5 Å². The Morgan fingerprint density at radius 1 is 1.21 bits per heavy atom. The first-order valence-electron chi connectivity index (χ1n) is 6.98. The zero-order valence-electron chi connectivity index (χ0n) is 12.8. The summed E-state index contributed by atoms with van der Waals surface area (Å²) in [7, 11) is 0. The molecule has 0 radical (unpaired) electrons. The molecule has 0 aliphatic rings.